The highest BCUT2D eigenvalue weighted by Crippen LogP contribution is 2.31. The van der Waals surface area contributed by atoms with Gasteiger partial charge in [-0.2, -0.15) is 0 Å². The fraction of sp³-hybridized carbons (Fsp3) is 0.533. The lowest BCUT2D eigenvalue weighted by atomic mass is 9.86. The van der Waals surface area contributed by atoms with Crippen molar-refractivity contribution in [1.82, 2.24) is 0 Å². The summed E-state index contributed by atoms with van der Waals surface area (Å²) in [5, 5.41) is 11.9. The molecule has 5 heteroatoms. The van der Waals surface area contributed by atoms with Crippen molar-refractivity contribution in [1.29, 1.82) is 0 Å². The summed E-state index contributed by atoms with van der Waals surface area (Å²) >= 11 is 3.39. The molecule has 110 valence electrons. The Morgan fingerprint density at radius 2 is 2.10 bits per heavy atom. The maximum Gasteiger partial charge on any atom is 0.173 e. The van der Waals surface area contributed by atoms with Gasteiger partial charge in [-0.1, -0.05) is 34.4 Å². The molecule has 3 N–H and O–H groups in total. The predicted octanol–water partition coefficient (Wildman–Crippen LogP) is 3.89. The molecule has 20 heavy (non-hydrogen) atoms. The monoisotopic (exact) mass is 340 g/mol. The first-order chi connectivity index (χ1) is 9.63. The molecule has 4 nitrogen and oxygen atoms in total. The van der Waals surface area contributed by atoms with E-state index in [-0.39, 0.29) is 11.9 Å². The third-order valence-corrected chi connectivity index (χ3v) is 4.48. The molecule has 0 unspecified atom stereocenters. The zero-order valence-corrected chi connectivity index (χ0v) is 13.3. The molecule has 2 rings (SSSR count). The number of hydrogen-bond donors (Lipinski definition) is 2. The van der Waals surface area contributed by atoms with Crippen LogP contribution in [0.4, 0.5) is 0 Å². The number of oxime groups is 1. The molecular formula is C15H21BrN2O2. The van der Waals surface area contributed by atoms with Crippen LogP contribution < -0.4 is 10.5 Å². The minimum Gasteiger partial charge on any atom is -0.490 e. The quantitative estimate of drug-likeness (QED) is 0.378. The number of amidine groups is 1. The molecule has 0 bridgehead atoms. The Morgan fingerprint density at radius 1 is 1.40 bits per heavy atom. The third kappa shape index (κ3) is 3.66. The number of halogens is 1. The van der Waals surface area contributed by atoms with Crippen LogP contribution >= 0.6 is 15.9 Å². The number of rotatable bonds is 4. The Labute approximate surface area is 128 Å². The molecular weight excluding hydrogens is 320 g/mol. The molecule has 1 aromatic carbocycles. The standard InChI is InChI=1S/C15H21BrN2O2/c1-2-10-3-6-12(7-4-10)20-14-8-5-11(16)9-13(14)15(17)18-19/h5,8-10,12,19H,2-4,6-7H2,1H3,(H2,17,18). The van der Waals surface area contributed by atoms with Crippen LogP contribution in [-0.4, -0.2) is 17.1 Å². The predicted molar refractivity (Wildman–Crippen MR) is 83.3 cm³/mol. The molecule has 1 aliphatic rings. The molecule has 0 amide bonds. The van der Waals surface area contributed by atoms with Gasteiger partial charge in [0.1, 0.15) is 5.75 Å². The zero-order chi connectivity index (χ0) is 14.5. The lowest BCUT2D eigenvalue weighted by molar-refractivity contribution is 0.129. The second kappa shape index (κ2) is 6.97. The molecule has 0 saturated heterocycles. The van der Waals surface area contributed by atoms with Gasteiger partial charge in [0.15, 0.2) is 5.84 Å². The number of nitrogens with two attached hydrogens (primary N) is 1. The van der Waals surface area contributed by atoms with Crippen LogP contribution in [0.5, 0.6) is 5.75 Å². The SMILES string of the molecule is CCC1CCC(Oc2ccc(Br)cc2/C(N)=N/O)CC1. The van der Waals surface area contributed by atoms with E-state index in [0.717, 1.165) is 23.2 Å². The minimum absolute atomic E-state index is 0.0727. The average molecular weight is 341 g/mol. The Balaban J connectivity index is 2.10. The molecule has 1 aliphatic carbocycles. The van der Waals surface area contributed by atoms with E-state index in [4.69, 9.17) is 15.7 Å². The van der Waals surface area contributed by atoms with Crippen LogP contribution in [0, 0.1) is 5.92 Å². The first kappa shape index (κ1) is 15.2. The second-order valence-corrected chi connectivity index (χ2v) is 6.21. The number of ether oxygens (including phenoxy) is 1. The average Bonchev–Trinajstić information content (AvgIpc) is 2.49. The molecule has 0 aliphatic heterocycles. The van der Waals surface area contributed by atoms with Gasteiger partial charge in [-0.25, -0.2) is 0 Å². The van der Waals surface area contributed by atoms with Crippen LogP contribution in [-0.2, 0) is 0 Å². The molecule has 0 spiro atoms. The van der Waals surface area contributed by atoms with E-state index in [2.05, 4.69) is 28.0 Å². The summed E-state index contributed by atoms with van der Waals surface area (Å²) in [6.45, 7) is 2.25. The van der Waals surface area contributed by atoms with Gasteiger partial charge in [-0.05, 0) is 49.8 Å². The van der Waals surface area contributed by atoms with E-state index in [9.17, 15) is 0 Å². The van der Waals surface area contributed by atoms with Crippen LogP contribution in [0.2, 0.25) is 0 Å². The Hall–Kier alpha value is -1.23. The highest BCUT2D eigenvalue weighted by Gasteiger charge is 2.22. The fourth-order valence-corrected chi connectivity index (χ4v) is 3.06. The van der Waals surface area contributed by atoms with E-state index >= 15 is 0 Å². The van der Waals surface area contributed by atoms with Crippen LogP contribution in [0.15, 0.2) is 27.8 Å². The highest BCUT2D eigenvalue weighted by atomic mass is 79.9. The van der Waals surface area contributed by atoms with Gasteiger partial charge in [0.2, 0.25) is 0 Å². The summed E-state index contributed by atoms with van der Waals surface area (Å²) in [5.41, 5.74) is 6.34. The van der Waals surface area contributed by atoms with Crippen molar-refractivity contribution in [3.8, 4) is 5.75 Å². The van der Waals surface area contributed by atoms with E-state index in [1.54, 1.807) is 0 Å². The Morgan fingerprint density at radius 3 is 2.70 bits per heavy atom. The van der Waals surface area contributed by atoms with Crippen molar-refractivity contribution in [2.24, 2.45) is 16.8 Å². The van der Waals surface area contributed by atoms with Gasteiger partial charge in [0, 0.05) is 4.47 Å². The van der Waals surface area contributed by atoms with Gasteiger partial charge in [0.05, 0.1) is 11.7 Å². The molecule has 0 atom stereocenters. The Kier molecular flexibility index (Phi) is 5.29. The zero-order valence-electron chi connectivity index (χ0n) is 11.7. The maximum absolute atomic E-state index is 8.87. The number of benzene rings is 1. The van der Waals surface area contributed by atoms with E-state index in [1.165, 1.54) is 19.3 Å². The van der Waals surface area contributed by atoms with Crippen LogP contribution in [0.25, 0.3) is 0 Å². The van der Waals surface area contributed by atoms with Gasteiger partial charge < -0.3 is 15.7 Å². The Bertz CT molecular complexity index is 483. The van der Waals surface area contributed by atoms with Gasteiger partial charge >= 0.3 is 0 Å². The third-order valence-electron chi connectivity index (χ3n) is 3.99. The minimum atomic E-state index is 0.0727. The molecule has 1 aromatic rings. The highest BCUT2D eigenvalue weighted by molar-refractivity contribution is 9.10. The maximum atomic E-state index is 8.87. The molecule has 1 saturated carbocycles. The summed E-state index contributed by atoms with van der Waals surface area (Å²) < 4.78 is 6.94. The molecule has 0 aromatic heterocycles. The number of nitrogens with zero attached hydrogens (tertiary/aromatic N) is 1. The summed E-state index contributed by atoms with van der Waals surface area (Å²) in [6.07, 6.45) is 6.06. The van der Waals surface area contributed by atoms with Crippen LogP contribution in [0.1, 0.15) is 44.6 Å². The fourth-order valence-electron chi connectivity index (χ4n) is 2.70. The second-order valence-electron chi connectivity index (χ2n) is 5.29. The summed E-state index contributed by atoms with van der Waals surface area (Å²) in [7, 11) is 0. The first-order valence-corrected chi connectivity index (χ1v) is 7.87. The largest absolute Gasteiger partial charge is 0.490 e. The molecule has 0 radical (unpaired) electrons. The summed E-state index contributed by atoms with van der Waals surface area (Å²) in [4.78, 5) is 0. The van der Waals surface area contributed by atoms with Gasteiger partial charge in [-0.3, -0.25) is 0 Å². The lowest BCUT2D eigenvalue weighted by Gasteiger charge is -2.29. The summed E-state index contributed by atoms with van der Waals surface area (Å²) in [6, 6.07) is 5.58. The lowest BCUT2D eigenvalue weighted by Crippen LogP contribution is -2.25. The van der Waals surface area contributed by atoms with E-state index in [0.29, 0.717) is 11.3 Å². The number of hydrogen-bond acceptors (Lipinski definition) is 3. The summed E-state index contributed by atoms with van der Waals surface area (Å²) in [5.74, 6) is 1.59. The van der Waals surface area contributed by atoms with Crippen molar-refractivity contribution in [2.45, 2.75) is 45.1 Å². The molecule has 1 fully saturated rings. The van der Waals surface area contributed by atoms with Crippen molar-refractivity contribution in [3.63, 3.8) is 0 Å². The topological polar surface area (TPSA) is 67.8 Å². The smallest absolute Gasteiger partial charge is 0.173 e. The van der Waals surface area contributed by atoms with Crippen molar-refractivity contribution < 1.29 is 9.94 Å². The normalized spacial score (nSPS) is 23.6. The molecule has 0 heterocycles. The van der Waals surface area contributed by atoms with Crippen molar-refractivity contribution in [3.05, 3.63) is 28.2 Å². The van der Waals surface area contributed by atoms with E-state index < -0.39 is 0 Å². The van der Waals surface area contributed by atoms with E-state index in [1.807, 2.05) is 18.2 Å². The first-order valence-electron chi connectivity index (χ1n) is 7.08. The van der Waals surface area contributed by atoms with Gasteiger partial charge in [-0.15, -0.1) is 0 Å². The van der Waals surface area contributed by atoms with Crippen LogP contribution in [0.3, 0.4) is 0 Å². The van der Waals surface area contributed by atoms with Gasteiger partial charge in [0.25, 0.3) is 0 Å². The van der Waals surface area contributed by atoms with Crippen molar-refractivity contribution in [2.75, 3.05) is 0 Å². The van der Waals surface area contributed by atoms with Crippen molar-refractivity contribution >= 4 is 21.8 Å².